The highest BCUT2D eigenvalue weighted by atomic mass is 32.2. The Labute approximate surface area is 85.2 Å². The molecule has 1 aliphatic rings. The maximum atomic E-state index is 11.5. The Morgan fingerprint density at radius 3 is 2.53 bits per heavy atom. The second kappa shape index (κ2) is 2.83. The molecular formula is C9H6O5S. The van der Waals surface area contributed by atoms with E-state index < -0.39 is 21.4 Å². The van der Waals surface area contributed by atoms with Gasteiger partial charge in [0.2, 0.25) is 9.84 Å². The molecule has 1 aliphatic heterocycles. The van der Waals surface area contributed by atoms with E-state index in [1.165, 1.54) is 18.2 Å². The average molecular weight is 226 g/mol. The molecule has 0 radical (unpaired) electrons. The van der Waals surface area contributed by atoms with Crippen LogP contribution in [0.15, 0.2) is 28.5 Å². The molecule has 1 heterocycles. The predicted octanol–water partition coefficient (Wildman–Crippen LogP) is 0.605. The molecule has 5 nitrogen and oxygen atoms in total. The van der Waals surface area contributed by atoms with Crippen molar-refractivity contribution in [3.63, 3.8) is 0 Å². The van der Waals surface area contributed by atoms with Crippen LogP contribution < -0.4 is 0 Å². The van der Waals surface area contributed by atoms with Gasteiger partial charge in [-0.1, -0.05) is 6.07 Å². The first kappa shape index (κ1) is 9.72. The molecule has 15 heavy (non-hydrogen) atoms. The average Bonchev–Trinajstić information content (AvgIpc) is 2.40. The normalized spacial score (nSPS) is 16.9. The van der Waals surface area contributed by atoms with Crippen molar-refractivity contribution >= 4 is 21.4 Å². The lowest BCUT2D eigenvalue weighted by Crippen LogP contribution is -1.97. The van der Waals surface area contributed by atoms with E-state index in [-0.39, 0.29) is 16.2 Å². The number of rotatable bonds is 1. The van der Waals surface area contributed by atoms with Crippen molar-refractivity contribution in [1.29, 1.82) is 0 Å². The highest BCUT2D eigenvalue weighted by Crippen LogP contribution is 2.38. The van der Waals surface area contributed by atoms with Crippen LogP contribution in [0.25, 0.3) is 5.57 Å². The van der Waals surface area contributed by atoms with E-state index in [0.29, 0.717) is 5.41 Å². The van der Waals surface area contributed by atoms with Crippen LogP contribution in [0.5, 0.6) is 5.75 Å². The Balaban J connectivity index is 2.86. The third kappa shape index (κ3) is 1.30. The van der Waals surface area contributed by atoms with Crippen LogP contribution in [0.3, 0.4) is 0 Å². The molecule has 78 valence electrons. The fourth-order valence-corrected chi connectivity index (χ4v) is 2.89. The van der Waals surface area contributed by atoms with Gasteiger partial charge in [0, 0.05) is 0 Å². The lowest BCUT2D eigenvalue weighted by atomic mass is 10.1. The van der Waals surface area contributed by atoms with Gasteiger partial charge in [0.1, 0.15) is 5.75 Å². The molecule has 0 aromatic heterocycles. The number of hydrogen-bond acceptors (Lipinski definition) is 4. The minimum atomic E-state index is -3.73. The molecule has 0 spiro atoms. The van der Waals surface area contributed by atoms with Crippen molar-refractivity contribution in [2.24, 2.45) is 0 Å². The van der Waals surface area contributed by atoms with Crippen LogP contribution in [-0.4, -0.2) is 24.6 Å². The largest absolute Gasteiger partial charge is 0.507 e. The van der Waals surface area contributed by atoms with Gasteiger partial charge < -0.3 is 10.2 Å². The number of aromatic hydroxyl groups is 1. The Bertz CT molecular complexity index is 583. The van der Waals surface area contributed by atoms with Crippen molar-refractivity contribution in [2.75, 3.05) is 0 Å². The van der Waals surface area contributed by atoms with Gasteiger partial charge >= 0.3 is 5.97 Å². The molecule has 2 rings (SSSR count). The molecule has 6 heteroatoms. The number of benzene rings is 1. The van der Waals surface area contributed by atoms with Crippen LogP contribution in [0.2, 0.25) is 0 Å². The van der Waals surface area contributed by atoms with Gasteiger partial charge in [-0.05, 0) is 12.1 Å². The Hall–Kier alpha value is -1.82. The standard InChI is InChI=1S/C9H6O5S/c10-6-2-1-3-7-8(6)5(9(11)12)4-15(7,13)14/h1-4,10H,(H,11,12). The van der Waals surface area contributed by atoms with Gasteiger partial charge in [-0.3, -0.25) is 0 Å². The fraction of sp³-hybridized carbons (Fsp3) is 0. The molecule has 0 atom stereocenters. The Kier molecular flexibility index (Phi) is 1.84. The molecular weight excluding hydrogens is 220 g/mol. The van der Waals surface area contributed by atoms with E-state index in [9.17, 15) is 18.3 Å². The number of aliphatic carboxylic acids is 1. The third-order valence-electron chi connectivity index (χ3n) is 2.08. The van der Waals surface area contributed by atoms with Crippen molar-refractivity contribution < 1.29 is 23.4 Å². The maximum absolute atomic E-state index is 11.5. The number of sulfone groups is 1. The molecule has 0 aliphatic carbocycles. The first-order chi connectivity index (χ1) is 6.93. The lowest BCUT2D eigenvalue weighted by Gasteiger charge is -2.02. The SMILES string of the molecule is O=C(O)C1=CS(=O)(=O)c2cccc(O)c21. The summed E-state index contributed by atoms with van der Waals surface area (Å²) in [6.45, 7) is 0. The molecule has 0 unspecified atom stereocenters. The molecule has 0 amide bonds. The Morgan fingerprint density at radius 2 is 1.93 bits per heavy atom. The molecule has 0 saturated carbocycles. The topological polar surface area (TPSA) is 91.7 Å². The number of hydrogen-bond donors (Lipinski definition) is 2. The lowest BCUT2D eigenvalue weighted by molar-refractivity contribution is -0.130. The summed E-state index contributed by atoms with van der Waals surface area (Å²) in [6.07, 6.45) is 0. The van der Waals surface area contributed by atoms with E-state index in [0.717, 1.165) is 0 Å². The van der Waals surface area contributed by atoms with Crippen LogP contribution in [0.1, 0.15) is 5.56 Å². The summed E-state index contributed by atoms with van der Waals surface area (Å²) < 4.78 is 22.9. The van der Waals surface area contributed by atoms with Gasteiger partial charge in [0.05, 0.1) is 21.4 Å². The molecule has 2 N–H and O–H groups in total. The highest BCUT2D eigenvalue weighted by molar-refractivity contribution is 7.95. The minimum absolute atomic E-state index is 0.134. The summed E-state index contributed by atoms with van der Waals surface area (Å²) in [4.78, 5) is 10.6. The molecule has 0 saturated heterocycles. The number of carboxylic acid groups (broad SMARTS) is 1. The van der Waals surface area contributed by atoms with E-state index in [2.05, 4.69) is 0 Å². The number of carbonyl (C=O) groups is 1. The van der Waals surface area contributed by atoms with Crippen LogP contribution in [0.4, 0.5) is 0 Å². The summed E-state index contributed by atoms with van der Waals surface area (Å²) in [7, 11) is -3.73. The summed E-state index contributed by atoms with van der Waals surface area (Å²) in [5.41, 5.74) is -0.534. The number of carboxylic acids is 1. The Morgan fingerprint density at radius 1 is 1.27 bits per heavy atom. The van der Waals surface area contributed by atoms with Gasteiger partial charge in [0.15, 0.2) is 0 Å². The zero-order valence-corrected chi connectivity index (χ0v) is 8.15. The van der Waals surface area contributed by atoms with E-state index in [1.54, 1.807) is 0 Å². The highest BCUT2D eigenvalue weighted by Gasteiger charge is 2.32. The monoisotopic (exact) mass is 226 g/mol. The van der Waals surface area contributed by atoms with Crippen molar-refractivity contribution in [3.8, 4) is 5.75 Å². The van der Waals surface area contributed by atoms with Crippen LogP contribution in [-0.2, 0) is 14.6 Å². The molecule has 0 bridgehead atoms. The molecule has 1 aromatic carbocycles. The van der Waals surface area contributed by atoms with Crippen molar-refractivity contribution in [1.82, 2.24) is 0 Å². The second-order valence-corrected chi connectivity index (χ2v) is 4.80. The predicted molar refractivity (Wildman–Crippen MR) is 50.9 cm³/mol. The van der Waals surface area contributed by atoms with E-state index in [1.807, 2.05) is 0 Å². The zero-order valence-electron chi connectivity index (χ0n) is 7.34. The van der Waals surface area contributed by atoms with Gasteiger partial charge in [-0.25, -0.2) is 13.2 Å². The quantitative estimate of drug-likeness (QED) is 0.731. The van der Waals surface area contributed by atoms with Crippen LogP contribution in [0, 0.1) is 0 Å². The molecule has 1 aromatic rings. The summed E-state index contributed by atoms with van der Waals surface area (Å²) in [5, 5.41) is 18.8. The maximum Gasteiger partial charge on any atom is 0.337 e. The summed E-state index contributed by atoms with van der Waals surface area (Å²) in [5.74, 6) is -1.72. The van der Waals surface area contributed by atoms with E-state index >= 15 is 0 Å². The number of phenols is 1. The number of phenolic OH excluding ortho intramolecular Hbond substituents is 1. The van der Waals surface area contributed by atoms with Crippen LogP contribution >= 0.6 is 0 Å². The van der Waals surface area contributed by atoms with Gasteiger partial charge in [-0.2, -0.15) is 0 Å². The van der Waals surface area contributed by atoms with E-state index in [4.69, 9.17) is 5.11 Å². The fourth-order valence-electron chi connectivity index (χ4n) is 1.46. The second-order valence-electron chi connectivity index (χ2n) is 3.03. The number of fused-ring (bicyclic) bond motifs is 1. The first-order valence-corrected chi connectivity index (χ1v) is 5.50. The smallest absolute Gasteiger partial charge is 0.337 e. The minimum Gasteiger partial charge on any atom is -0.507 e. The van der Waals surface area contributed by atoms with Crippen molar-refractivity contribution in [3.05, 3.63) is 29.2 Å². The molecule has 0 fully saturated rings. The zero-order chi connectivity index (χ0) is 11.2. The van der Waals surface area contributed by atoms with Crippen molar-refractivity contribution in [2.45, 2.75) is 4.90 Å². The summed E-state index contributed by atoms with van der Waals surface area (Å²) >= 11 is 0. The third-order valence-corrected chi connectivity index (χ3v) is 3.58. The summed E-state index contributed by atoms with van der Waals surface area (Å²) in [6, 6.07) is 3.86. The van der Waals surface area contributed by atoms with Gasteiger partial charge in [-0.15, -0.1) is 0 Å². The first-order valence-electron chi connectivity index (χ1n) is 3.96. The van der Waals surface area contributed by atoms with Gasteiger partial charge in [0.25, 0.3) is 0 Å².